The zero-order valence-electron chi connectivity index (χ0n) is 16.3. The molecule has 1 unspecified atom stereocenters. The number of rotatable bonds is 6. The average Bonchev–Trinajstić information content (AvgIpc) is 3.15. The molecule has 0 bridgehead atoms. The lowest BCUT2D eigenvalue weighted by Crippen LogP contribution is -2.42. The molecular weight excluding hydrogens is 350 g/mol. The molecule has 1 aliphatic heterocycles. The molecule has 146 valence electrons. The van der Waals surface area contributed by atoms with Crippen LogP contribution in [0.2, 0.25) is 0 Å². The number of aromatic nitrogens is 3. The molecule has 1 amide bonds. The van der Waals surface area contributed by atoms with Crippen molar-refractivity contribution in [2.24, 2.45) is 5.92 Å². The number of hydrogen-bond acceptors (Lipinski definition) is 4. The van der Waals surface area contributed by atoms with E-state index in [-0.39, 0.29) is 5.91 Å². The highest BCUT2D eigenvalue weighted by molar-refractivity contribution is 6.06. The van der Waals surface area contributed by atoms with Gasteiger partial charge in [-0.1, -0.05) is 36.4 Å². The molecule has 1 aliphatic rings. The van der Waals surface area contributed by atoms with E-state index in [0.717, 1.165) is 61.3 Å². The molecule has 6 nitrogen and oxygen atoms in total. The van der Waals surface area contributed by atoms with Crippen molar-refractivity contribution in [3.63, 3.8) is 0 Å². The van der Waals surface area contributed by atoms with Crippen molar-refractivity contribution in [2.45, 2.75) is 26.3 Å². The van der Waals surface area contributed by atoms with Gasteiger partial charge >= 0.3 is 0 Å². The molecule has 0 spiro atoms. The van der Waals surface area contributed by atoms with Crippen molar-refractivity contribution in [1.82, 2.24) is 25.0 Å². The number of piperidine rings is 1. The lowest BCUT2D eigenvalue weighted by Gasteiger charge is -2.32. The van der Waals surface area contributed by atoms with Crippen LogP contribution in [0, 0.1) is 12.8 Å². The molecular formula is C22H27N5O. The van der Waals surface area contributed by atoms with E-state index >= 15 is 0 Å². The number of benzene rings is 2. The van der Waals surface area contributed by atoms with Crippen LogP contribution in [-0.4, -0.2) is 51.8 Å². The Hall–Kier alpha value is -2.73. The van der Waals surface area contributed by atoms with Crippen LogP contribution >= 0.6 is 0 Å². The normalized spacial score (nSPS) is 17.7. The van der Waals surface area contributed by atoms with E-state index in [9.17, 15) is 4.79 Å². The SMILES string of the molecule is Cc1nncn1CCN1CCCC(CNC(=O)c2cccc3ccccc23)C1. The molecule has 1 saturated heterocycles. The molecule has 0 saturated carbocycles. The van der Waals surface area contributed by atoms with Gasteiger partial charge in [0, 0.05) is 31.7 Å². The fourth-order valence-electron chi connectivity index (χ4n) is 4.06. The first-order valence-electron chi connectivity index (χ1n) is 10.0. The lowest BCUT2D eigenvalue weighted by molar-refractivity contribution is 0.0933. The van der Waals surface area contributed by atoms with E-state index in [4.69, 9.17) is 0 Å². The number of amides is 1. The van der Waals surface area contributed by atoms with Gasteiger partial charge in [-0.15, -0.1) is 10.2 Å². The maximum Gasteiger partial charge on any atom is 0.251 e. The Morgan fingerprint density at radius 1 is 1.18 bits per heavy atom. The zero-order valence-corrected chi connectivity index (χ0v) is 16.3. The van der Waals surface area contributed by atoms with Crippen LogP contribution in [0.1, 0.15) is 29.0 Å². The maximum absolute atomic E-state index is 12.8. The maximum atomic E-state index is 12.8. The predicted molar refractivity (Wildman–Crippen MR) is 110 cm³/mol. The Labute approximate surface area is 165 Å². The van der Waals surface area contributed by atoms with Crippen molar-refractivity contribution in [3.05, 3.63) is 60.2 Å². The van der Waals surface area contributed by atoms with E-state index in [1.807, 2.05) is 49.4 Å². The number of carbonyl (C=O) groups is 1. The third-order valence-electron chi connectivity index (χ3n) is 5.65. The Balaban J connectivity index is 1.31. The molecule has 1 fully saturated rings. The Bertz CT molecular complexity index is 946. The van der Waals surface area contributed by atoms with E-state index in [1.165, 1.54) is 6.42 Å². The molecule has 0 aliphatic carbocycles. The molecule has 1 N–H and O–H groups in total. The van der Waals surface area contributed by atoms with Gasteiger partial charge in [-0.3, -0.25) is 4.79 Å². The number of likely N-dealkylation sites (tertiary alicyclic amines) is 1. The largest absolute Gasteiger partial charge is 0.352 e. The number of aryl methyl sites for hydroxylation is 1. The smallest absolute Gasteiger partial charge is 0.251 e. The fraction of sp³-hybridized carbons (Fsp3) is 0.409. The van der Waals surface area contributed by atoms with Crippen LogP contribution in [0.15, 0.2) is 48.8 Å². The second-order valence-electron chi connectivity index (χ2n) is 7.62. The first-order chi connectivity index (χ1) is 13.7. The lowest BCUT2D eigenvalue weighted by atomic mass is 9.97. The van der Waals surface area contributed by atoms with Crippen molar-refractivity contribution in [1.29, 1.82) is 0 Å². The molecule has 0 radical (unpaired) electrons. The first kappa shape index (κ1) is 18.6. The predicted octanol–water partition coefficient (Wildman–Crippen LogP) is 2.88. The molecule has 2 aromatic carbocycles. The second-order valence-corrected chi connectivity index (χ2v) is 7.62. The molecule has 6 heteroatoms. The fourth-order valence-corrected chi connectivity index (χ4v) is 4.06. The summed E-state index contributed by atoms with van der Waals surface area (Å²) in [6, 6.07) is 13.9. The molecule has 1 aromatic heterocycles. The van der Waals surface area contributed by atoms with Crippen molar-refractivity contribution >= 4 is 16.7 Å². The summed E-state index contributed by atoms with van der Waals surface area (Å²) in [5.41, 5.74) is 0.758. The average molecular weight is 377 g/mol. The van der Waals surface area contributed by atoms with Gasteiger partial charge in [0.05, 0.1) is 0 Å². The summed E-state index contributed by atoms with van der Waals surface area (Å²) in [5.74, 6) is 1.47. The van der Waals surface area contributed by atoms with E-state index < -0.39 is 0 Å². The summed E-state index contributed by atoms with van der Waals surface area (Å²) in [6.07, 6.45) is 4.13. The summed E-state index contributed by atoms with van der Waals surface area (Å²) in [4.78, 5) is 15.2. The van der Waals surface area contributed by atoms with Crippen LogP contribution in [0.4, 0.5) is 0 Å². The van der Waals surface area contributed by atoms with E-state index in [0.29, 0.717) is 5.92 Å². The first-order valence-corrected chi connectivity index (χ1v) is 10.0. The van der Waals surface area contributed by atoms with Crippen LogP contribution in [0.5, 0.6) is 0 Å². The van der Waals surface area contributed by atoms with Gasteiger partial charge in [-0.05, 0) is 49.1 Å². The Morgan fingerprint density at radius 2 is 2.04 bits per heavy atom. The number of nitrogens with one attached hydrogen (secondary N) is 1. The van der Waals surface area contributed by atoms with E-state index in [1.54, 1.807) is 6.33 Å². The zero-order chi connectivity index (χ0) is 19.3. The van der Waals surface area contributed by atoms with Crippen LogP contribution in [0.3, 0.4) is 0 Å². The van der Waals surface area contributed by atoms with E-state index in [2.05, 4.69) is 25.0 Å². The number of carbonyl (C=O) groups excluding carboxylic acids is 1. The van der Waals surface area contributed by atoms with Gasteiger partial charge < -0.3 is 14.8 Å². The van der Waals surface area contributed by atoms with Gasteiger partial charge in [0.2, 0.25) is 0 Å². The summed E-state index contributed by atoms with van der Waals surface area (Å²) >= 11 is 0. The van der Waals surface area contributed by atoms with Gasteiger partial charge in [0.25, 0.3) is 5.91 Å². The highest BCUT2D eigenvalue weighted by atomic mass is 16.1. The quantitative estimate of drug-likeness (QED) is 0.717. The second kappa shape index (κ2) is 8.52. The summed E-state index contributed by atoms with van der Waals surface area (Å²) in [6.45, 7) is 6.76. The van der Waals surface area contributed by atoms with Crippen LogP contribution < -0.4 is 5.32 Å². The number of fused-ring (bicyclic) bond motifs is 1. The minimum atomic E-state index is 0.0223. The minimum absolute atomic E-state index is 0.0223. The highest BCUT2D eigenvalue weighted by Crippen LogP contribution is 2.19. The third kappa shape index (κ3) is 4.22. The third-order valence-corrected chi connectivity index (χ3v) is 5.65. The van der Waals surface area contributed by atoms with Gasteiger partial charge in [0.1, 0.15) is 12.2 Å². The van der Waals surface area contributed by atoms with Crippen molar-refractivity contribution < 1.29 is 4.79 Å². The Morgan fingerprint density at radius 3 is 2.89 bits per heavy atom. The summed E-state index contributed by atoms with van der Waals surface area (Å²) < 4.78 is 2.09. The van der Waals surface area contributed by atoms with Crippen LogP contribution in [-0.2, 0) is 6.54 Å². The highest BCUT2D eigenvalue weighted by Gasteiger charge is 2.21. The molecule has 3 aromatic rings. The summed E-state index contributed by atoms with van der Waals surface area (Å²) in [5, 5.41) is 13.3. The summed E-state index contributed by atoms with van der Waals surface area (Å²) in [7, 11) is 0. The standard InChI is InChI=1S/C22H27N5O/c1-17-25-24-16-27(17)13-12-26-11-5-6-18(15-26)14-23-22(28)21-10-4-8-19-7-2-3-9-20(19)21/h2-4,7-10,16,18H,5-6,11-15H2,1H3,(H,23,28). The minimum Gasteiger partial charge on any atom is -0.352 e. The monoisotopic (exact) mass is 377 g/mol. The molecule has 4 rings (SSSR count). The molecule has 1 atom stereocenters. The Kier molecular flexibility index (Phi) is 5.67. The number of nitrogens with zero attached hydrogens (tertiary/aromatic N) is 4. The molecule has 2 heterocycles. The van der Waals surface area contributed by atoms with Gasteiger partial charge in [0.15, 0.2) is 0 Å². The van der Waals surface area contributed by atoms with Gasteiger partial charge in [-0.25, -0.2) is 0 Å². The number of hydrogen-bond donors (Lipinski definition) is 1. The van der Waals surface area contributed by atoms with Crippen molar-refractivity contribution in [3.8, 4) is 0 Å². The van der Waals surface area contributed by atoms with Gasteiger partial charge in [-0.2, -0.15) is 0 Å². The molecule has 28 heavy (non-hydrogen) atoms. The van der Waals surface area contributed by atoms with Crippen molar-refractivity contribution in [2.75, 3.05) is 26.2 Å². The topological polar surface area (TPSA) is 63.1 Å². The van der Waals surface area contributed by atoms with Crippen LogP contribution in [0.25, 0.3) is 10.8 Å².